The molecule has 10 nitrogen and oxygen atoms in total. The Morgan fingerprint density at radius 1 is 1.05 bits per heavy atom. The molecule has 2 N–H and O–H groups in total. The largest absolute Gasteiger partial charge is 0.306 e. The lowest BCUT2D eigenvalue weighted by atomic mass is 10.2. The van der Waals surface area contributed by atoms with Gasteiger partial charge in [-0.2, -0.15) is 14.1 Å². The third kappa shape index (κ3) is 4.41. The summed E-state index contributed by atoms with van der Waals surface area (Å²) in [6.07, 6.45) is 4.00. The second-order valence-corrected chi connectivity index (χ2v) is 11.9. The molecule has 12 heteroatoms. The van der Waals surface area contributed by atoms with Crippen molar-refractivity contribution in [1.82, 2.24) is 24.1 Å². The number of hydrogen-bond donors (Lipinski definition) is 2. The lowest BCUT2D eigenvalue weighted by molar-refractivity contribution is 0.102. The average Bonchev–Trinajstić information content (AvgIpc) is 3.70. The molecule has 3 aromatic heterocycles. The number of sulfonamides is 1. The number of carbonyl (C=O) groups excluding carboxylic acids is 1. The normalized spacial score (nSPS) is 15.7. The first-order valence-electron chi connectivity index (χ1n) is 12.1. The Morgan fingerprint density at radius 2 is 1.84 bits per heavy atom. The Bertz CT molecular complexity index is 1630. The van der Waals surface area contributed by atoms with Gasteiger partial charge in [0.1, 0.15) is 11.5 Å². The third-order valence-electron chi connectivity index (χ3n) is 6.67. The lowest BCUT2D eigenvalue weighted by Gasteiger charge is -2.15. The summed E-state index contributed by atoms with van der Waals surface area (Å²) in [6.45, 7) is 1.03. The topological polar surface area (TPSA) is 130 Å². The van der Waals surface area contributed by atoms with E-state index in [-0.39, 0.29) is 16.4 Å². The van der Waals surface area contributed by atoms with Crippen molar-refractivity contribution in [3.05, 3.63) is 75.0 Å². The van der Waals surface area contributed by atoms with Crippen LogP contribution in [0.2, 0.25) is 0 Å². The van der Waals surface area contributed by atoms with E-state index in [1.807, 2.05) is 17.5 Å². The van der Waals surface area contributed by atoms with Gasteiger partial charge in [-0.15, -0.1) is 11.3 Å². The fourth-order valence-corrected chi connectivity index (χ4v) is 6.95. The van der Waals surface area contributed by atoms with E-state index in [9.17, 15) is 18.0 Å². The summed E-state index contributed by atoms with van der Waals surface area (Å²) in [7, 11) is -3.57. The minimum Gasteiger partial charge on any atom is -0.306 e. The first-order valence-corrected chi connectivity index (χ1v) is 14.4. The maximum atomic E-state index is 13.2. The molecule has 0 atom stereocenters. The number of nitrogens with one attached hydrogen (secondary N) is 2. The molecule has 1 aromatic carbocycles. The molecule has 2 aliphatic rings. The predicted octanol–water partition coefficient (Wildman–Crippen LogP) is 3.21. The molecule has 6 rings (SSSR count). The summed E-state index contributed by atoms with van der Waals surface area (Å²) >= 11 is 1.50. The molecule has 0 saturated carbocycles. The maximum Gasteiger partial charge on any atom is 0.256 e. The molecule has 0 spiro atoms. The van der Waals surface area contributed by atoms with Crippen LogP contribution in [0.15, 0.2) is 57.5 Å². The monoisotopic (exact) mass is 536 g/mol. The van der Waals surface area contributed by atoms with Crippen molar-refractivity contribution < 1.29 is 13.2 Å². The number of anilines is 1. The highest BCUT2D eigenvalue weighted by Crippen LogP contribution is 2.28. The summed E-state index contributed by atoms with van der Waals surface area (Å²) in [5.74, 6) is 0.131. The standard InChI is InChI=1S/C25H24N6O4S2/c32-23(16-8-10-17(11-9-16)37(34,35)30-12-1-2-13-30)27-22-15-20(21-7-4-14-36-21)29-31(22)25-26-19-6-3-5-18(19)24(33)28-25/h4,7-11,14-15H,1-3,5-6,12-13H2,(H,27,32)(H,26,28,33). The van der Waals surface area contributed by atoms with Gasteiger partial charge in [-0.05, 0) is 67.8 Å². The highest BCUT2D eigenvalue weighted by atomic mass is 32.2. The van der Waals surface area contributed by atoms with Crippen molar-refractivity contribution in [3.63, 3.8) is 0 Å². The fraction of sp³-hybridized carbons (Fsp3) is 0.280. The van der Waals surface area contributed by atoms with Crippen LogP contribution in [-0.2, 0) is 22.9 Å². The van der Waals surface area contributed by atoms with Crippen LogP contribution in [0.25, 0.3) is 16.5 Å². The van der Waals surface area contributed by atoms with Crippen LogP contribution in [-0.4, -0.2) is 51.5 Å². The summed E-state index contributed by atoms with van der Waals surface area (Å²) in [5.41, 5.74) is 2.17. The lowest BCUT2D eigenvalue weighted by Crippen LogP contribution is -2.27. The summed E-state index contributed by atoms with van der Waals surface area (Å²) in [5, 5.41) is 9.40. The van der Waals surface area contributed by atoms with E-state index in [0.717, 1.165) is 36.3 Å². The number of aromatic nitrogens is 4. The number of aromatic amines is 1. The molecule has 4 heterocycles. The first-order chi connectivity index (χ1) is 17.9. The van der Waals surface area contributed by atoms with Gasteiger partial charge in [0.25, 0.3) is 11.5 Å². The molecule has 0 radical (unpaired) electrons. The summed E-state index contributed by atoms with van der Waals surface area (Å²) < 4.78 is 28.5. The van der Waals surface area contributed by atoms with E-state index in [0.29, 0.717) is 42.1 Å². The maximum absolute atomic E-state index is 13.2. The van der Waals surface area contributed by atoms with Gasteiger partial charge < -0.3 is 5.32 Å². The highest BCUT2D eigenvalue weighted by molar-refractivity contribution is 7.89. The molecule has 37 heavy (non-hydrogen) atoms. The Kier molecular flexibility index (Phi) is 6.01. The zero-order valence-corrected chi connectivity index (χ0v) is 21.4. The second kappa shape index (κ2) is 9.36. The number of nitrogens with zero attached hydrogens (tertiary/aromatic N) is 4. The molecular weight excluding hydrogens is 512 g/mol. The quantitative estimate of drug-likeness (QED) is 0.389. The molecule has 1 saturated heterocycles. The Morgan fingerprint density at radius 3 is 2.57 bits per heavy atom. The smallest absolute Gasteiger partial charge is 0.256 e. The summed E-state index contributed by atoms with van der Waals surface area (Å²) in [6, 6.07) is 11.4. The molecule has 0 unspecified atom stereocenters. The third-order valence-corrected chi connectivity index (χ3v) is 9.48. The summed E-state index contributed by atoms with van der Waals surface area (Å²) in [4.78, 5) is 34.3. The highest BCUT2D eigenvalue weighted by Gasteiger charge is 2.27. The van der Waals surface area contributed by atoms with Crippen LogP contribution >= 0.6 is 11.3 Å². The minimum atomic E-state index is -3.57. The van der Waals surface area contributed by atoms with Gasteiger partial charge >= 0.3 is 0 Å². The Balaban J connectivity index is 1.32. The van der Waals surface area contributed by atoms with Gasteiger partial charge in [0.2, 0.25) is 16.0 Å². The van der Waals surface area contributed by atoms with Crippen LogP contribution < -0.4 is 10.9 Å². The minimum absolute atomic E-state index is 0.163. The van der Waals surface area contributed by atoms with Crippen LogP contribution in [0.3, 0.4) is 0 Å². The molecule has 4 aromatic rings. The van der Waals surface area contributed by atoms with Gasteiger partial charge in [-0.3, -0.25) is 14.6 Å². The molecular formula is C25H24N6O4S2. The number of carbonyl (C=O) groups is 1. The van der Waals surface area contributed by atoms with Crippen molar-refractivity contribution in [3.8, 4) is 16.5 Å². The van der Waals surface area contributed by atoms with Crippen LogP contribution in [0, 0.1) is 0 Å². The van der Waals surface area contributed by atoms with Crippen LogP contribution in [0.1, 0.15) is 40.9 Å². The van der Waals surface area contributed by atoms with Gasteiger partial charge in [0, 0.05) is 30.3 Å². The fourth-order valence-electron chi connectivity index (χ4n) is 4.75. The average molecular weight is 537 g/mol. The van der Waals surface area contributed by atoms with Crippen LogP contribution in [0.5, 0.6) is 0 Å². The van der Waals surface area contributed by atoms with Gasteiger partial charge in [0.05, 0.1) is 15.5 Å². The predicted molar refractivity (Wildman–Crippen MR) is 140 cm³/mol. The number of fused-ring (bicyclic) bond motifs is 1. The van der Waals surface area contributed by atoms with Crippen molar-refractivity contribution in [2.75, 3.05) is 18.4 Å². The van der Waals surface area contributed by atoms with Crippen molar-refractivity contribution >= 4 is 33.1 Å². The van der Waals surface area contributed by atoms with E-state index < -0.39 is 15.9 Å². The van der Waals surface area contributed by atoms with E-state index in [4.69, 9.17) is 0 Å². The molecule has 1 aliphatic heterocycles. The van der Waals surface area contributed by atoms with E-state index in [2.05, 4.69) is 20.4 Å². The van der Waals surface area contributed by atoms with Gasteiger partial charge in [-0.25, -0.2) is 13.4 Å². The number of rotatable bonds is 6. The molecule has 0 bridgehead atoms. The molecule has 190 valence electrons. The number of hydrogen-bond acceptors (Lipinski definition) is 7. The van der Waals surface area contributed by atoms with E-state index >= 15 is 0 Å². The zero-order valence-electron chi connectivity index (χ0n) is 19.8. The van der Waals surface area contributed by atoms with Gasteiger partial charge in [0.15, 0.2) is 0 Å². The number of H-pyrrole nitrogens is 1. The van der Waals surface area contributed by atoms with E-state index in [1.54, 1.807) is 6.07 Å². The molecule has 1 fully saturated rings. The van der Waals surface area contributed by atoms with Crippen molar-refractivity contribution in [2.45, 2.75) is 37.0 Å². The number of amides is 1. The van der Waals surface area contributed by atoms with Crippen molar-refractivity contribution in [1.29, 1.82) is 0 Å². The number of benzene rings is 1. The first kappa shape index (κ1) is 23.8. The van der Waals surface area contributed by atoms with Crippen LogP contribution in [0.4, 0.5) is 5.82 Å². The van der Waals surface area contributed by atoms with Gasteiger partial charge in [-0.1, -0.05) is 6.07 Å². The Labute approximate surface area is 217 Å². The van der Waals surface area contributed by atoms with Crippen molar-refractivity contribution in [2.24, 2.45) is 0 Å². The number of thiophene rings is 1. The zero-order chi connectivity index (χ0) is 25.6. The number of aryl methyl sites for hydroxylation is 1. The second-order valence-electron chi connectivity index (χ2n) is 9.06. The molecule has 1 aliphatic carbocycles. The van der Waals surface area contributed by atoms with E-state index in [1.165, 1.54) is 44.6 Å². The SMILES string of the molecule is O=C(Nc1cc(-c2cccs2)nn1-c1nc2c(c(=O)[nH]1)CCC2)c1ccc(S(=O)(=O)N2CCCC2)cc1. The molecule has 1 amide bonds. The Hall–Kier alpha value is -3.61.